The van der Waals surface area contributed by atoms with Gasteiger partial charge in [-0.15, -0.1) is 0 Å². The Morgan fingerprint density at radius 1 is 1.58 bits per heavy atom. The standard InChI is InChI=1S/C9H18N2O/c1-10(2)9-4-6-11(8-9)5-3-7-12/h7,9H,3-6,8H2,1-2H3. The van der Waals surface area contributed by atoms with Crippen LogP contribution < -0.4 is 0 Å². The van der Waals surface area contributed by atoms with Gasteiger partial charge in [0.2, 0.25) is 0 Å². The largest absolute Gasteiger partial charge is 0.305 e. The first-order valence-corrected chi connectivity index (χ1v) is 4.56. The van der Waals surface area contributed by atoms with Gasteiger partial charge in [0.05, 0.1) is 0 Å². The summed E-state index contributed by atoms with van der Waals surface area (Å²) in [6.45, 7) is 3.21. The van der Waals surface area contributed by atoms with Crippen molar-refractivity contribution in [2.45, 2.75) is 18.9 Å². The second-order valence-corrected chi connectivity index (χ2v) is 3.66. The summed E-state index contributed by atoms with van der Waals surface area (Å²) in [5.74, 6) is 0. The lowest BCUT2D eigenvalue weighted by atomic mass is 10.2. The van der Waals surface area contributed by atoms with Crippen LogP contribution in [-0.2, 0) is 4.79 Å². The highest BCUT2D eigenvalue weighted by molar-refractivity contribution is 5.49. The molecule has 3 heteroatoms. The van der Waals surface area contributed by atoms with Crippen LogP contribution in [-0.4, -0.2) is 55.9 Å². The average molecular weight is 170 g/mol. The van der Waals surface area contributed by atoms with Gasteiger partial charge in [0, 0.05) is 25.6 Å². The minimum atomic E-state index is 0.681. The molecule has 70 valence electrons. The molecule has 1 saturated heterocycles. The molecular formula is C9H18N2O. The van der Waals surface area contributed by atoms with E-state index < -0.39 is 0 Å². The van der Waals surface area contributed by atoms with Gasteiger partial charge in [0.15, 0.2) is 0 Å². The van der Waals surface area contributed by atoms with Crippen molar-refractivity contribution in [2.75, 3.05) is 33.7 Å². The Labute approximate surface area is 74.3 Å². The molecule has 0 aromatic heterocycles. The van der Waals surface area contributed by atoms with Crippen molar-refractivity contribution < 1.29 is 4.79 Å². The molecule has 0 saturated carbocycles. The topological polar surface area (TPSA) is 23.6 Å². The van der Waals surface area contributed by atoms with Gasteiger partial charge in [-0.2, -0.15) is 0 Å². The molecule has 0 radical (unpaired) electrons. The lowest BCUT2D eigenvalue weighted by molar-refractivity contribution is -0.108. The van der Waals surface area contributed by atoms with Crippen LogP contribution in [0, 0.1) is 0 Å². The summed E-state index contributed by atoms with van der Waals surface area (Å²) in [5, 5.41) is 0. The van der Waals surface area contributed by atoms with E-state index in [0.29, 0.717) is 12.5 Å². The zero-order chi connectivity index (χ0) is 8.97. The molecule has 0 amide bonds. The summed E-state index contributed by atoms with van der Waals surface area (Å²) in [6, 6.07) is 0.691. The van der Waals surface area contributed by atoms with Crippen molar-refractivity contribution in [3.8, 4) is 0 Å². The molecule has 3 nitrogen and oxygen atoms in total. The molecule has 12 heavy (non-hydrogen) atoms. The van der Waals surface area contributed by atoms with Crippen molar-refractivity contribution in [1.29, 1.82) is 0 Å². The third kappa shape index (κ3) is 2.57. The zero-order valence-electron chi connectivity index (χ0n) is 7.99. The number of aldehydes is 1. The summed E-state index contributed by atoms with van der Waals surface area (Å²) in [7, 11) is 4.24. The fourth-order valence-electron chi connectivity index (χ4n) is 1.67. The molecule has 1 atom stereocenters. The third-order valence-corrected chi connectivity index (χ3v) is 2.54. The molecule has 1 aliphatic heterocycles. The number of carbonyl (C=O) groups is 1. The Morgan fingerprint density at radius 3 is 2.83 bits per heavy atom. The SMILES string of the molecule is CN(C)C1CCN(CCC=O)C1. The number of hydrogen-bond acceptors (Lipinski definition) is 3. The van der Waals surface area contributed by atoms with E-state index >= 15 is 0 Å². The van der Waals surface area contributed by atoms with E-state index in [-0.39, 0.29) is 0 Å². The van der Waals surface area contributed by atoms with Crippen molar-refractivity contribution in [3.05, 3.63) is 0 Å². The predicted molar refractivity (Wildman–Crippen MR) is 49.2 cm³/mol. The Kier molecular flexibility index (Phi) is 3.69. The molecule has 0 aromatic carbocycles. The quantitative estimate of drug-likeness (QED) is 0.564. The van der Waals surface area contributed by atoms with E-state index in [1.54, 1.807) is 0 Å². The maximum absolute atomic E-state index is 10.1. The first kappa shape index (κ1) is 9.68. The Balaban J connectivity index is 2.21. The van der Waals surface area contributed by atoms with Crippen molar-refractivity contribution in [2.24, 2.45) is 0 Å². The van der Waals surface area contributed by atoms with E-state index in [4.69, 9.17) is 0 Å². The normalized spacial score (nSPS) is 25.1. The molecule has 1 aliphatic rings. The molecule has 0 aliphatic carbocycles. The van der Waals surface area contributed by atoms with Crippen LogP contribution in [0.15, 0.2) is 0 Å². The Hall–Kier alpha value is -0.410. The fourth-order valence-corrected chi connectivity index (χ4v) is 1.67. The molecular weight excluding hydrogens is 152 g/mol. The second kappa shape index (κ2) is 4.58. The number of hydrogen-bond donors (Lipinski definition) is 0. The van der Waals surface area contributed by atoms with Crippen molar-refractivity contribution in [1.82, 2.24) is 9.80 Å². The number of carbonyl (C=O) groups excluding carboxylic acids is 1. The minimum absolute atomic E-state index is 0.681. The average Bonchev–Trinajstić information content (AvgIpc) is 2.48. The fraction of sp³-hybridized carbons (Fsp3) is 0.889. The molecule has 0 aromatic rings. The van der Waals surface area contributed by atoms with Gasteiger partial charge in [-0.25, -0.2) is 0 Å². The van der Waals surface area contributed by atoms with Gasteiger partial charge in [0.25, 0.3) is 0 Å². The lowest BCUT2D eigenvalue weighted by Gasteiger charge is -2.19. The lowest BCUT2D eigenvalue weighted by Crippen LogP contribution is -2.31. The van der Waals surface area contributed by atoms with E-state index in [1.165, 1.54) is 6.42 Å². The van der Waals surface area contributed by atoms with Gasteiger partial charge in [-0.05, 0) is 27.1 Å². The second-order valence-electron chi connectivity index (χ2n) is 3.66. The maximum atomic E-state index is 10.1. The van der Waals surface area contributed by atoms with Gasteiger partial charge in [0.1, 0.15) is 6.29 Å². The van der Waals surface area contributed by atoms with Crippen LogP contribution in [0.2, 0.25) is 0 Å². The van der Waals surface area contributed by atoms with Gasteiger partial charge < -0.3 is 14.6 Å². The first-order valence-electron chi connectivity index (χ1n) is 4.56. The molecule has 1 unspecified atom stereocenters. The third-order valence-electron chi connectivity index (χ3n) is 2.54. The number of likely N-dealkylation sites (N-methyl/N-ethyl adjacent to an activating group) is 1. The molecule has 1 fully saturated rings. The maximum Gasteiger partial charge on any atom is 0.121 e. The van der Waals surface area contributed by atoms with Crippen LogP contribution in [0.3, 0.4) is 0 Å². The monoisotopic (exact) mass is 170 g/mol. The van der Waals surface area contributed by atoms with Gasteiger partial charge in [-0.3, -0.25) is 0 Å². The van der Waals surface area contributed by atoms with Crippen molar-refractivity contribution >= 4 is 6.29 Å². The Bertz CT molecular complexity index is 147. The molecule has 1 rings (SSSR count). The molecule has 0 N–H and O–H groups in total. The predicted octanol–water partition coefficient (Wildman–Crippen LogP) is 0.211. The molecule has 0 bridgehead atoms. The van der Waals surface area contributed by atoms with Crippen LogP contribution in [0.4, 0.5) is 0 Å². The number of likely N-dealkylation sites (tertiary alicyclic amines) is 1. The van der Waals surface area contributed by atoms with Crippen LogP contribution in [0.25, 0.3) is 0 Å². The zero-order valence-corrected chi connectivity index (χ0v) is 7.99. The van der Waals surface area contributed by atoms with E-state index in [1.807, 2.05) is 0 Å². The van der Waals surface area contributed by atoms with E-state index in [9.17, 15) is 4.79 Å². The number of rotatable bonds is 4. The highest BCUT2D eigenvalue weighted by Gasteiger charge is 2.22. The Morgan fingerprint density at radius 2 is 2.33 bits per heavy atom. The van der Waals surface area contributed by atoms with Crippen LogP contribution in [0.1, 0.15) is 12.8 Å². The highest BCUT2D eigenvalue weighted by Crippen LogP contribution is 2.12. The van der Waals surface area contributed by atoms with E-state index in [0.717, 1.165) is 25.9 Å². The summed E-state index contributed by atoms with van der Waals surface area (Å²) >= 11 is 0. The number of nitrogens with zero attached hydrogens (tertiary/aromatic N) is 2. The summed E-state index contributed by atoms with van der Waals surface area (Å²) in [4.78, 5) is 14.8. The van der Waals surface area contributed by atoms with Gasteiger partial charge >= 0.3 is 0 Å². The minimum Gasteiger partial charge on any atom is -0.305 e. The van der Waals surface area contributed by atoms with Crippen molar-refractivity contribution in [3.63, 3.8) is 0 Å². The molecule has 1 heterocycles. The molecule has 0 spiro atoms. The van der Waals surface area contributed by atoms with Crippen LogP contribution in [0.5, 0.6) is 0 Å². The van der Waals surface area contributed by atoms with E-state index in [2.05, 4.69) is 23.9 Å². The van der Waals surface area contributed by atoms with Crippen LogP contribution >= 0.6 is 0 Å². The highest BCUT2D eigenvalue weighted by atomic mass is 16.1. The summed E-state index contributed by atoms with van der Waals surface area (Å²) < 4.78 is 0. The summed E-state index contributed by atoms with van der Waals surface area (Å²) in [5.41, 5.74) is 0. The van der Waals surface area contributed by atoms with Gasteiger partial charge in [-0.1, -0.05) is 0 Å². The smallest absolute Gasteiger partial charge is 0.121 e. The summed E-state index contributed by atoms with van der Waals surface area (Å²) in [6.07, 6.45) is 2.93. The first-order chi connectivity index (χ1) is 5.74.